The van der Waals surface area contributed by atoms with Crippen molar-refractivity contribution in [2.75, 3.05) is 25.5 Å². The van der Waals surface area contributed by atoms with Crippen LogP contribution < -0.4 is 11.0 Å². The molecular weight excluding hydrogens is 495 g/mol. The predicted molar refractivity (Wildman–Crippen MR) is 131 cm³/mol. The first-order valence-electron chi connectivity index (χ1n) is 11.3. The zero-order chi connectivity index (χ0) is 26.0. The second-order valence-electron chi connectivity index (χ2n) is 8.75. The number of piperidine rings is 1. The summed E-state index contributed by atoms with van der Waals surface area (Å²) in [6.45, 7) is 3.31. The molecule has 4 rings (SSSR count). The number of carbonyl (C=O) groups is 1. The fourth-order valence-corrected chi connectivity index (χ4v) is 4.74. The van der Waals surface area contributed by atoms with Crippen LogP contribution in [0.3, 0.4) is 0 Å². The number of aromatic hydroxyl groups is 1. The van der Waals surface area contributed by atoms with E-state index in [0.29, 0.717) is 11.3 Å². The van der Waals surface area contributed by atoms with Crippen molar-refractivity contribution in [2.45, 2.75) is 36.7 Å². The van der Waals surface area contributed by atoms with Crippen molar-refractivity contribution >= 4 is 23.4 Å². The molecule has 0 bridgehead atoms. The molecule has 1 aliphatic rings. The molecule has 1 aromatic carbocycles. The molecule has 0 spiro atoms. The standard InChI is InChI=1S/C24H26F3N5O3S/c1-15-22(34)32(18-3-5-19(6-4-18)36-24(25,26)27)23(35)31(15)14-17-7-10-28-13-20(17)29-21(33)16-8-11-30(2)12-9-16/h3-7,10,13,16,34H,8-9,11-12,14H2,1-2H3,(H,29,33). The van der Waals surface area contributed by atoms with Crippen molar-refractivity contribution in [3.8, 4) is 11.6 Å². The number of aromatic nitrogens is 3. The minimum atomic E-state index is -4.43. The molecule has 3 heterocycles. The van der Waals surface area contributed by atoms with Gasteiger partial charge in [-0.25, -0.2) is 9.36 Å². The van der Waals surface area contributed by atoms with Gasteiger partial charge in [0, 0.05) is 17.0 Å². The lowest BCUT2D eigenvalue weighted by Gasteiger charge is -2.28. The molecule has 1 saturated heterocycles. The monoisotopic (exact) mass is 521 g/mol. The van der Waals surface area contributed by atoms with Gasteiger partial charge < -0.3 is 15.3 Å². The quantitative estimate of drug-likeness (QED) is 0.477. The summed E-state index contributed by atoms with van der Waals surface area (Å²) in [5, 5.41) is 13.6. The van der Waals surface area contributed by atoms with Crippen molar-refractivity contribution in [1.29, 1.82) is 0 Å². The largest absolute Gasteiger partial charge is 0.493 e. The average molecular weight is 522 g/mol. The fourth-order valence-electron chi connectivity index (χ4n) is 4.20. The van der Waals surface area contributed by atoms with Crippen LogP contribution in [-0.2, 0) is 11.3 Å². The van der Waals surface area contributed by atoms with Crippen LogP contribution in [0.5, 0.6) is 5.88 Å². The Bertz CT molecular complexity index is 1300. The first-order chi connectivity index (χ1) is 17.0. The van der Waals surface area contributed by atoms with Crippen molar-refractivity contribution < 1.29 is 23.1 Å². The number of amides is 1. The van der Waals surface area contributed by atoms with Gasteiger partial charge in [0.05, 0.1) is 29.8 Å². The molecule has 12 heteroatoms. The van der Waals surface area contributed by atoms with Gasteiger partial charge in [-0.05, 0) is 87.6 Å². The van der Waals surface area contributed by atoms with E-state index < -0.39 is 11.2 Å². The van der Waals surface area contributed by atoms with Crippen molar-refractivity contribution in [1.82, 2.24) is 19.0 Å². The molecule has 2 N–H and O–H groups in total. The SMILES string of the molecule is Cc1c(O)n(-c2ccc(SC(F)(F)F)cc2)c(=O)n1Cc1ccncc1NC(=O)C1CCN(C)CC1. The number of carbonyl (C=O) groups excluding carboxylic acids is 1. The predicted octanol–water partition coefficient (Wildman–Crippen LogP) is 3.99. The van der Waals surface area contributed by atoms with Gasteiger partial charge >= 0.3 is 11.2 Å². The number of likely N-dealkylation sites (tertiary alicyclic amines) is 1. The molecule has 0 unspecified atom stereocenters. The number of alkyl halides is 3. The topological polar surface area (TPSA) is 92.4 Å². The summed E-state index contributed by atoms with van der Waals surface area (Å²) < 4.78 is 40.2. The van der Waals surface area contributed by atoms with Crippen LogP contribution in [0.4, 0.5) is 18.9 Å². The number of thioether (sulfide) groups is 1. The normalized spacial score (nSPS) is 15.2. The van der Waals surface area contributed by atoms with Crippen LogP contribution in [0.15, 0.2) is 52.4 Å². The first-order valence-corrected chi connectivity index (χ1v) is 12.1. The van der Waals surface area contributed by atoms with Gasteiger partial charge in [0.2, 0.25) is 11.8 Å². The Balaban J connectivity index is 1.57. The highest BCUT2D eigenvalue weighted by Crippen LogP contribution is 2.37. The molecule has 0 aliphatic carbocycles. The maximum atomic E-state index is 13.2. The number of nitrogens with one attached hydrogen (secondary N) is 1. The Morgan fingerprint density at radius 2 is 1.86 bits per heavy atom. The van der Waals surface area contributed by atoms with Gasteiger partial charge in [0.1, 0.15) is 0 Å². The Labute approximate surface area is 209 Å². The maximum absolute atomic E-state index is 13.2. The van der Waals surface area contributed by atoms with Crippen molar-refractivity contribution in [2.24, 2.45) is 5.92 Å². The molecule has 0 saturated carbocycles. The number of rotatable bonds is 6. The highest BCUT2D eigenvalue weighted by Gasteiger charge is 2.29. The summed E-state index contributed by atoms with van der Waals surface area (Å²) in [4.78, 5) is 32.3. The van der Waals surface area contributed by atoms with E-state index in [1.54, 1.807) is 19.2 Å². The lowest BCUT2D eigenvalue weighted by molar-refractivity contribution is -0.121. The Morgan fingerprint density at radius 1 is 1.19 bits per heavy atom. The summed E-state index contributed by atoms with van der Waals surface area (Å²) in [6.07, 6.45) is 4.59. The molecule has 0 atom stereocenters. The molecule has 1 fully saturated rings. The molecule has 1 aliphatic heterocycles. The highest BCUT2D eigenvalue weighted by molar-refractivity contribution is 8.00. The van der Waals surface area contributed by atoms with Crippen LogP contribution in [0.1, 0.15) is 24.1 Å². The van der Waals surface area contributed by atoms with E-state index in [-0.39, 0.29) is 52.3 Å². The maximum Gasteiger partial charge on any atom is 0.446 e. The third-order valence-corrected chi connectivity index (χ3v) is 7.02. The van der Waals surface area contributed by atoms with E-state index in [0.717, 1.165) is 30.5 Å². The highest BCUT2D eigenvalue weighted by atomic mass is 32.2. The molecular formula is C24H26F3N5O3S. The first kappa shape index (κ1) is 25.8. The van der Waals surface area contributed by atoms with E-state index in [1.165, 1.54) is 35.0 Å². The third-order valence-electron chi connectivity index (χ3n) is 6.28. The Hall–Kier alpha value is -3.25. The third kappa shape index (κ3) is 5.76. The summed E-state index contributed by atoms with van der Waals surface area (Å²) >= 11 is -0.258. The van der Waals surface area contributed by atoms with E-state index in [4.69, 9.17) is 0 Å². The smallest absolute Gasteiger partial charge is 0.446 e. The minimum Gasteiger partial charge on any atom is -0.493 e. The van der Waals surface area contributed by atoms with Crippen LogP contribution in [0.2, 0.25) is 0 Å². The number of anilines is 1. The minimum absolute atomic E-state index is 0.0308. The summed E-state index contributed by atoms with van der Waals surface area (Å²) in [7, 11) is 2.02. The number of hydrogen-bond acceptors (Lipinski definition) is 6. The van der Waals surface area contributed by atoms with Crippen LogP contribution in [-0.4, -0.2) is 55.7 Å². The molecule has 192 valence electrons. The van der Waals surface area contributed by atoms with E-state index in [9.17, 15) is 27.9 Å². The number of halogens is 3. The van der Waals surface area contributed by atoms with E-state index in [2.05, 4.69) is 15.2 Å². The number of nitrogens with zero attached hydrogens (tertiary/aromatic N) is 4. The zero-order valence-electron chi connectivity index (χ0n) is 19.7. The van der Waals surface area contributed by atoms with Gasteiger partial charge in [0.15, 0.2) is 0 Å². The van der Waals surface area contributed by atoms with Crippen LogP contribution in [0, 0.1) is 12.8 Å². The number of hydrogen-bond donors (Lipinski definition) is 2. The Kier molecular flexibility index (Phi) is 7.46. The molecule has 36 heavy (non-hydrogen) atoms. The summed E-state index contributed by atoms with van der Waals surface area (Å²) in [6, 6.07) is 6.86. The number of benzene rings is 1. The molecule has 1 amide bonds. The van der Waals surface area contributed by atoms with Gasteiger partial charge in [-0.3, -0.25) is 14.3 Å². The van der Waals surface area contributed by atoms with Crippen molar-refractivity contribution in [3.05, 3.63) is 64.5 Å². The van der Waals surface area contributed by atoms with Gasteiger partial charge in [-0.15, -0.1) is 0 Å². The number of pyridine rings is 1. The molecule has 0 radical (unpaired) electrons. The fraction of sp³-hybridized carbons (Fsp3) is 0.375. The molecule has 2 aromatic heterocycles. The van der Waals surface area contributed by atoms with E-state index >= 15 is 0 Å². The van der Waals surface area contributed by atoms with Gasteiger partial charge in [-0.1, -0.05) is 0 Å². The summed E-state index contributed by atoms with van der Waals surface area (Å²) in [5.74, 6) is -0.525. The van der Waals surface area contributed by atoms with E-state index in [1.807, 2.05) is 7.05 Å². The lowest BCUT2D eigenvalue weighted by Crippen LogP contribution is -2.36. The Morgan fingerprint density at radius 3 is 2.50 bits per heavy atom. The zero-order valence-corrected chi connectivity index (χ0v) is 20.6. The summed E-state index contributed by atoms with van der Waals surface area (Å²) in [5.41, 5.74) is -3.37. The van der Waals surface area contributed by atoms with Crippen LogP contribution in [0.25, 0.3) is 5.69 Å². The molecule has 3 aromatic rings. The second kappa shape index (κ2) is 10.4. The molecule has 8 nitrogen and oxygen atoms in total. The lowest BCUT2D eigenvalue weighted by atomic mass is 9.96. The van der Waals surface area contributed by atoms with Crippen molar-refractivity contribution in [3.63, 3.8) is 0 Å². The van der Waals surface area contributed by atoms with Gasteiger partial charge in [-0.2, -0.15) is 13.2 Å². The average Bonchev–Trinajstić information content (AvgIpc) is 3.03. The number of imidazole rings is 1. The van der Waals surface area contributed by atoms with Gasteiger partial charge in [0.25, 0.3) is 0 Å². The van der Waals surface area contributed by atoms with Crippen LogP contribution >= 0.6 is 11.8 Å². The second-order valence-corrected chi connectivity index (χ2v) is 9.89.